The molecule has 134 valence electrons. The van der Waals surface area contributed by atoms with Gasteiger partial charge in [0, 0.05) is 19.0 Å². The normalized spacial score (nSPS) is 18.8. The second-order valence-corrected chi connectivity index (χ2v) is 6.58. The fraction of sp³-hybridized carbons (Fsp3) is 0.500. The molecule has 0 radical (unpaired) electrons. The molecule has 1 aromatic heterocycles. The van der Waals surface area contributed by atoms with Crippen molar-refractivity contribution in [2.24, 2.45) is 11.8 Å². The Morgan fingerprint density at radius 3 is 2.92 bits per heavy atom. The predicted octanol–water partition coefficient (Wildman–Crippen LogP) is 2.37. The molecule has 1 saturated heterocycles. The molecule has 0 aliphatic carbocycles. The summed E-state index contributed by atoms with van der Waals surface area (Å²) >= 11 is 0. The highest BCUT2D eigenvalue weighted by atomic mass is 19.1. The zero-order valence-electron chi connectivity index (χ0n) is 14.3. The summed E-state index contributed by atoms with van der Waals surface area (Å²) in [6.07, 6.45) is 5.10. The molecule has 2 aromatic rings. The van der Waals surface area contributed by atoms with Crippen LogP contribution in [0.15, 0.2) is 36.9 Å². The third-order valence-corrected chi connectivity index (χ3v) is 4.48. The second kappa shape index (κ2) is 8.09. The topological polar surface area (TPSA) is 60.2 Å². The molecule has 0 N–H and O–H groups in total. The van der Waals surface area contributed by atoms with Crippen molar-refractivity contribution in [3.05, 3.63) is 42.7 Å². The minimum absolute atomic E-state index is 0.140. The summed E-state index contributed by atoms with van der Waals surface area (Å²) in [5.74, 6) is 0.675. The molecule has 2 heterocycles. The van der Waals surface area contributed by atoms with Crippen molar-refractivity contribution in [1.29, 1.82) is 0 Å². The van der Waals surface area contributed by atoms with Gasteiger partial charge >= 0.3 is 0 Å². The van der Waals surface area contributed by atoms with E-state index >= 15 is 0 Å². The second-order valence-electron chi connectivity index (χ2n) is 6.58. The number of nitrogens with zero attached hydrogens (tertiary/aromatic N) is 4. The number of hydrogen-bond donors (Lipinski definition) is 0. The van der Waals surface area contributed by atoms with Gasteiger partial charge in [-0.15, -0.1) is 0 Å². The molecule has 25 heavy (non-hydrogen) atoms. The molecule has 1 fully saturated rings. The van der Waals surface area contributed by atoms with Crippen molar-refractivity contribution in [3.63, 3.8) is 0 Å². The minimum atomic E-state index is -0.275. The molecule has 0 unspecified atom stereocenters. The first-order chi connectivity index (χ1) is 12.1. The number of carbonyl (C=O) groups is 1. The molecule has 1 aliphatic rings. The maximum Gasteiger partial charge on any atom is 0.227 e. The molecule has 1 aromatic carbocycles. The van der Waals surface area contributed by atoms with Gasteiger partial charge in [0.15, 0.2) is 0 Å². The molecular weight excluding hydrogens is 323 g/mol. The van der Waals surface area contributed by atoms with E-state index in [-0.39, 0.29) is 17.6 Å². The summed E-state index contributed by atoms with van der Waals surface area (Å²) in [6.45, 7) is 4.47. The zero-order chi connectivity index (χ0) is 17.6. The van der Waals surface area contributed by atoms with Crippen LogP contribution in [-0.2, 0) is 11.3 Å². The van der Waals surface area contributed by atoms with Crippen LogP contribution in [0, 0.1) is 17.7 Å². The molecule has 1 amide bonds. The van der Waals surface area contributed by atoms with Crippen LogP contribution in [0.2, 0.25) is 0 Å². The first-order valence-electron chi connectivity index (χ1n) is 8.61. The Balaban J connectivity index is 1.49. The van der Waals surface area contributed by atoms with E-state index in [9.17, 15) is 9.18 Å². The third kappa shape index (κ3) is 4.78. The van der Waals surface area contributed by atoms with E-state index in [4.69, 9.17) is 4.74 Å². The highest BCUT2D eigenvalue weighted by Crippen LogP contribution is 2.21. The van der Waals surface area contributed by atoms with Gasteiger partial charge in [-0.3, -0.25) is 9.48 Å². The van der Waals surface area contributed by atoms with E-state index in [2.05, 4.69) is 10.1 Å². The molecule has 3 rings (SSSR count). The van der Waals surface area contributed by atoms with Gasteiger partial charge in [-0.05, 0) is 37.1 Å². The summed E-state index contributed by atoms with van der Waals surface area (Å²) in [5, 5.41) is 4.06. The maximum atomic E-state index is 12.9. The first kappa shape index (κ1) is 17.4. The van der Waals surface area contributed by atoms with Crippen molar-refractivity contribution in [3.8, 4) is 5.75 Å². The summed E-state index contributed by atoms with van der Waals surface area (Å²) in [5.41, 5.74) is 0. The van der Waals surface area contributed by atoms with E-state index in [1.165, 1.54) is 18.5 Å². The number of hydrogen-bond acceptors (Lipinski definition) is 4. The van der Waals surface area contributed by atoms with Crippen molar-refractivity contribution in [1.82, 2.24) is 19.7 Å². The predicted molar refractivity (Wildman–Crippen MR) is 90.4 cm³/mol. The van der Waals surface area contributed by atoms with Crippen LogP contribution in [0.25, 0.3) is 0 Å². The lowest BCUT2D eigenvalue weighted by Crippen LogP contribution is -2.44. The minimum Gasteiger partial charge on any atom is -0.493 e. The number of benzene rings is 1. The van der Waals surface area contributed by atoms with Crippen LogP contribution in [0.3, 0.4) is 0 Å². The number of ether oxygens (including phenoxy) is 1. The highest BCUT2D eigenvalue weighted by molar-refractivity contribution is 5.78. The Hall–Kier alpha value is -2.44. The van der Waals surface area contributed by atoms with Crippen molar-refractivity contribution < 1.29 is 13.9 Å². The Bertz CT molecular complexity index is 675. The number of amides is 1. The number of carbonyl (C=O) groups excluding carboxylic acids is 1. The monoisotopic (exact) mass is 346 g/mol. The molecule has 0 bridgehead atoms. The Morgan fingerprint density at radius 2 is 2.20 bits per heavy atom. The lowest BCUT2D eigenvalue weighted by Gasteiger charge is -2.34. The molecule has 6 nitrogen and oxygen atoms in total. The van der Waals surface area contributed by atoms with Gasteiger partial charge in [-0.1, -0.05) is 6.92 Å². The van der Waals surface area contributed by atoms with Crippen LogP contribution < -0.4 is 4.74 Å². The van der Waals surface area contributed by atoms with Crippen LogP contribution in [0.1, 0.15) is 19.8 Å². The number of rotatable bonds is 6. The van der Waals surface area contributed by atoms with E-state index in [1.54, 1.807) is 23.1 Å². The van der Waals surface area contributed by atoms with Gasteiger partial charge < -0.3 is 9.64 Å². The van der Waals surface area contributed by atoms with Gasteiger partial charge in [-0.2, -0.15) is 5.10 Å². The summed E-state index contributed by atoms with van der Waals surface area (Å²) in [7, 11) is 0. The van der Waals surface area contributed by atoms with Gasteiger partial charge in [0.05, 0.1) is 19.1 Å². The van der Waals surface area contributed by atoms with E-state index in [0.717, 1.165) is 19.4 Å². The van der Waals surface area contributed by atoms with E-state index in [0.29, 0.717) is 31.4 Å². The Kier molecular flexibility index (Phi) is 5.63. The zero-order valence-corrected chi connectivity index (χ0v) is 14.3. The summed E-state index contributed by atoms with van der Waals surface area (Å²) in [4.78, 5) is 18.5. The van der Waals surface area contributed by atoms with Crippen LogP contribution in [0.4, 0.5) is 4.39 Å². The van der Waals surface area contributed by atoms with E-state index < -0.39 is 0 Å². The highest BCUT2D eigenvalue weighted by Gasteiger charge is 2.27. The number of aromatic nitrogens is 3. The lowest BCUT2D eigenvalue weighted by molar-refractivity contribution is -0.137. The average Bonchev–Trinajstić information content (AvgIpc) is 3.14. The SMILES string of the molecule is C[C@H](Cn1cncn1)C(=O)N1CCC[C@H](COc2ccc(F)cc2)C1. The summed E-state index contributed by atoms with van der Waals surface area (Å²) < 4.78 is 20.4. The molecule has 0 spiro atoms. The van der Waals surface area contributed by atoms with Gasteiger partial charge in [0.1, 0.15) is 24.2 Å². The molecule has 0 saturated carbocycles. The van der Waals surface area contributed by atoms with Crippen LogP contribution in [0.5, 0.6) is 5.75 Å². The quantitative estimate of drug-likeness (QED) is 0.806. The smallest absolute Gasteiger partial charge is 0.227 e. The molecular formula is C18H23FN4O2. The number of halogens is 1. The lowest BCUT2D eigenvalue weighted by atomic mass is 9.97. The van der Waals surface area contributed by atoms with Gasteiger partial charge in [-0.25, -0.2) is 9.37 Å². The Labute approximate surface area is 146 Å². The number of likely N-dealkylation sites (tertiary alicyclic amines) is 1. The van der Waals surface area contributed by atoms with Crippen molar-refractivity contribution in [2.75, 3.05) is 19.7 Å². The van der Waals surface area contributed by atoms with E-state index in [1.807, 2.05) is 11.8 Å². The maximum absolute atomic E-state index is 12.9. The fourth-order valence-electron chi connectivity index (χ4n) is 3.14. The first-order valence-corrected chi connectivity index (χ1v) is 8.61. The fourth-order valence-corrected chi connectivity index (χ4v) is 3.14. The van der Waals surface area contributed by atoms with Gasteiger partial charge in [0.25, 0.3) is 0 Å². The number of piperidine rings is 1. The molecule has 1 aliphatic heterocycles. The van der Waals surface area contributed by atoms with Crippen molar-refractivity contribution >= 4 is 5.91 Å². The van der Waals surface area contributed by atoms with Crippen LogP contribution in [-0.4, -0.2) is 45.3 Å². The van der Waals surface area contributed by atoms with Gasteiger partial charge in [0.2, 0.25) is 5.91 Å². The largest absolute Gasteiger partial charge is 0.493 e. The molecule has 2 atom stereocenters. The standard InChI is InChI=1S/C18H23FN4O2/c1-14(9-23-13-20-12-21-23)18(24)22-8-2-3-15(10-22)11-25-17-6-4-16(19)5-7-17/h4-7,12-15H,2-3,8-11H2,1H3/t14-,15+/m1/s1. The Morgan fingerprint density at radius 1 is 1.40 bits per heavy atom. The summed E-state index contributed by atoms with van der Waals surface area (Å²) in [6, 6.07) is 6.03. The van der Waals surface area contributed by atoms with Crippen LogP contribution >= 0.6 is 0 Å². The molecule has 7 heteroatoms. The van der Waals surface area contributed by atoms with Crippen molar-refractivity contribution in [2.45, 2.75) is 26.3 Å². The average molecular weight is 346 g/mol. The third-order valence-electron chi connectivity index (χ3n) is 4.48.